The van der Waals surface area contributed by atoms with Crippen LogP contribution in [0.2, 0.25) is 0 Å². The summed E-state index contributed by atoms with van der Waals surface area (Å²) in [5, 5.41) is 21.0. The van der Waals surface area contributed by atoms with E-state index in [1.54, 1.807) is 0 Å². The number of hydrogen-bond donors (Lipinski definition) is 4. The summed E-state index contributed by atoms with van der Waals surface area (Å²) in [6.45, 7) is 3.48. The van der Waals surface area contributed by atoms with Crippen molar-refractivity contribution >= 4 is 42.2 Å². The molecule has 0 saturated carbocycles. The number of fused-ring (bicyclic) bond motifs is 1. The number of aromatic nitrogens is 4. The van der Waals surface area contributed by atoms with Crippen molar-refractivity contribution in [3.63, 3.8) is 0 Å². The molecule has 13 nitrogen and oxygen atoms in total. The Balaban J connectivity index is 1.62. The minimum atomic E-state index is -2.73. The highest BCUT2D eigenvalue weighted by Crippen LogP contribution is 2.41. The van der Waals surface area contributed by atoms with Gasteiger partial charge >= 0.3 is 8.25 Å². The predicted octanol–water partition coefficient (Wildman–Crippen LogP) is 1.05. The number of aromatic amines is 1. The summed E-state index contributed by atoms with van der Waals surface area (Å²) in [4.78, 5) is 34.2. The van der Waals surface area contributed by atoms with Gasteiger partial charge in [0.15, 0.2) is 28.1 Å². The maximum atomic E-state index is 14.1. The number of anilines is 1. The van der Waals surface area contributed by atoms with Gasteiger partial charge in [0.1, 0.15) is 32.1 Å². The summed E-state index contributed by atoms with van der Waals surface area (Å²) in [5.74, 6) is 0.0220. The third-order valence-electron chi connectivity index (χ3n) is 5.83. The second-order valence-corrected chi connectivity index (χ2v) is 10.7. The normalized spacial score (nSPS) is 25.3. The van der Waals surface area contributed by atoms with Crippen molar-refractivity contribution in [2.75, 3.05) is 31.4 Å². The molecule has 194 valence electrons. The topological polar surface area (TPSA) is 192 Å². The lowest BCUT2D eigenvalue weighted by atomic mass is 9.92. The zero-order valence-electron chi connectivity index (χ0n) is 19.3. The van der Waals surface area contributed by atoms with Crippen molar-refractivity contribution in [3.8, 4) is 0 Å². The fourth-order valence-corrected chi connectivity index (χ4v) is 4.90. The van der Waals surface area contributed by atoms with Crippen LogP contribution in [-0.2, 0) is 23.1 Å². The molecule has 1 aliphatic heterocycles. The summed E-state index contributed by atoms with van der Waals surface area (Å²) >= 11 is 1.05. The second kappa shape index (κ2) is 10.9. The number of alkyl halides is 1. The molecule has 3 heterocycles. The first-order valence-electron chi connectivity index (χ1n) is 10.7. The predicted molar refractivity (Wildman–Crippen MR) is 124 cm³/mol. The fourth-order valence-electron chi connectivity index (χ4n) is 3.25. The monoisotopic (exact) mass is 536 g/mol. The van der Waals surface area contributed by atoms with Gasteiger partial charge < -0.3 is 20.7 Å². The van der Waals surface area contributed by atoms with Gasteiger partial charge in [-0.1, -0.05) is 32.5 Å². The van der Waals surface area contributed by atoms with Crippen LogP contribution in [-0.4, -0.2) is 78.3 Å². The van der Waals surface area contributed by atoms with Crippen LogP contribution in [0.3, 0.4) is 0 Å². The van der Waals surface area contributed by atoms with Gasteiger partial charge in [-0.2, -0.15) is 4.98 Å². The van der Waals surface area contributed by atoms with Gasteiger partial charge in [0, 0.05) is 15.7 Å². The highest BCUT2D eigenvalue weighted by molar-refractivity contribution is 8.13. The third-order valence-corrected chi connectivity index (χ3v) is 7.74. The van der Waals surface area contributed by atoms with Gasteiger partial charge in [-0.3, -0.25) is 19.1 Å². The standard InChI is InChI=1S/C19H27FN5O8PS/c1-4-18(2,3)16(29)35-6-5-31-34(30)32-8-19(7-20)12(27)11(26)15(33-19)25-9-22-10-13(25)23-17(21)24-14(10)28/h9,11-12,15,26-27H,4-8H2,1-3H3,(H2-,21,23,24,28)/p+1/t11-,12+,15-,19-/m1/s1. The Bertz CT molecular complexity index is 1150. The van der Waals surface area contributed by atoms with Crippen LogP contribution in [0.1, 0.15) is 33.4 Å². The molecule has 5 atom stereocenters. The zero-order valence-corrected chi connectivity index (χ0v) is 21.1. The molecule has 1 aliphatic rings. The number of aliphatic hydroxyl groups is 2. The van der Waals surface area contributed by atoms with Crippen LogP contribution in [0.4, 0.5) is 10.3 Å². The van der Waals surface area contributed by atoms with Crippen LogP contribution in [0.15, 0.2) is 11.1 Å². The molecule has 0 bridgehead atoms. The molecule has 1 fully saturated rings. The van der Waals surface area contributed by atoms with E-state index in [4.69, 9.17) is 19.5 Å². The van der Waals surface area contributed by atoms with Gasteiger partial charge in [-0.15, -0.1) is 9.05 Å². The largest absolute Gasteiger partial charge is 0.697 e. The van der Waals surface area contributed by atoms with E-state index in [-0.39, 0.29) is 34.6 Å². The summed E-state index contributed by atoms with van der Waals surface area (Å²) in [7, 11) is -2.73. The van der Waals surface area contributed by atoms with Crippen molar-refractivity contribution in [1.82, 2.24) is 19.5 Å². The van der Waals surface area contributed by atoms with Gasteiger partial charge in [-0.05, 0) is 6.42 Å². The Morgan fingerprint density at radius 1 is 1.46 bits per heavy atom. The SMILES string of the molecule is CCC(C)(C)C(=O)SCCO[P+](=O)OC[C@@]1(CF)O[C@@H](n2cnc3c(=O)[nH]c(N)nc32)[C@H](O)[C@@H]1O. The van der Waals surface area contributed by atoms with Crippen LogP contribution >= 0.6 is 20.0 Å². The van der Waals surface area contributed by atoms with E-state index in [9.17, 15) is 28.8 Å². The molecule has 1 unspecified atom stereocenters. The summed E-state index contributed by atoms with van der Waals surface area (Å²) < 4.78 is 43.0. The molecule has 2 aromatic heterocycles. The van der Waals surface area contributed by atoms with E-state index in [0.29, 0.717) is 6.42 Å². The number of imidazole rings is 1. The minimum absolute atomic E-state index is 0.0242. The smallest absolute Gasteiger partial charge is 0.387 e. The number of halogens is 1. The van der Waals surface area contributed by atoms with Crippen molar-refractivity contribution in [2.45, 2.75) is 51.2 Å². The number of hydrogen-bond acceptors (Lipinski definition) is 12. The summed E-state index contributed by atoms with van der Waals surface area (Å²) in [6, 6.07) is 0. The molecular weight excluding hydrogens is 508 g/mol. The second-order valence-electron chi connectivity index (χ2n) is 8.62. The average Bonchev–Trinajstić information content (AvgIpc) is 3.35. The van der Waals surface area contributed by atoms with E-state index >= 15 is 0 Å². The van der Waals surface area contributed by atoms with E-state index in [1.165, 1.54) is 0 Å². The van der Waals surface area contributed by atoms with E-state index in [2.05, 4.69) is 15.0 Å². The number of nitrogens with zero attached hydrogens (tertiary/aromatic N) is 3. The lowest BCUT2D eigenvalue weighted by molar-refractivity contribution is -0.132. The number of aliphatic hydroxyl groups excluding tert-OH is 2. The lowest BCUT2D eigenvalue weighted by Gasteiger charge is -2.26. The van der Waals surface area contributed by atoms with E-state index < -0.39 is 56.5 Å². The zero-order chi connectivity index (χ0) is 26.0. The molecule has 3 rings (SSSR count). The first kappa shape index (κ1) is 27.6. The number of carbonyl (C=O) groups is 1. The van der Waals surface area contributed by atoms with Crippen LogP contribution < -0.4 is 11.3 Å². The number of nitrogens with two attached hydrogens (primary N) is 1. The number of thioether (sulfide) groups is 1. The van der Waals surface area contributed by atoms with Gasteiger partial charge in [-0.25, -0.2) is 9.37 Å². The summed E-state index contributed by atoms with van der Waals surface area (Å²) in [5.41, 5.74) is 2.20. The minimum Gasteiger partial charge on any atom is -0.387 e. The van der Waals surface area contributed by atoms with E-state index in [0.717, 1.165) is 22.7 Å². The first-order chi connectivity index (χ1) is 16.5. The Labute approximate surface area is 204 Å². The Morgan fingerprint density at radius 2 is 2.17 bits per heavy atom. The van der Waals surface area contributed by atoms with Crippen LogP contribution in [0.5, 0.6) is 0 Å². The van der Waals surface area contributed by atoms with E-state index in [1.807, 2.05) is 20.8 Å². The average molecular weight is 536 g/mol. The fraction of sp³-hybridized carbons (Fsp3) is 0.684. The highest BCUT2D eigenvalue weighted by Gasteiger charge is 2.57. The Kier molecular flexibility index (Phi) is 8.63. The number of ether oxygens (including phenoxy) is 1. The molecule has 5 N–H and O–H groups in total. The van der Waals surface area contributed by atoms with Gasteiger partial charge in [0.25, 0.3) is 5.56 Å². The number of carbonyl (C=O) groups excluding carboxylic acids is 1. The van der Waals surface area contributed by atoms with Crippen molar-refractivity contribution in [2.24, 2.45) is 5.41 Å². The van der Waals surface area contributed by atoms with Crippen molar-refractivity contribution in [1.29, 1.82) is 0 Å². The number of nitrogen functional groups attached to an aromatic ring is 1. The molecular formula is C19H28FN5O8PS+. The molecule has 0 amide bonds. The molecule has 0 spiro atoms. The molecule has 0 aromatic carbocycles. The molecule has 2 aromatic rings. The van der Waals surface area contributed by atoms with Crippen LogP contribution in [0, 0.1) is 5.41 Å². The Hall–Kier alpha value is -2.00. The highest BCUT2D eigenvalue weighted by atomic mass is 32.2. The number of rotatable bonds is 11. The van der Waals surface area contributed by atoms with Crippen molar-refractivity contribution in [3.05, 3.63) is 16.7 Å². The first-order valence-corrected chi connectivity index (χ1v) is 12.8. The number of nitrogens with one attached hydrogen (secondary N) is 1. The quantitative estimate of drug-likeness (QED) is 0.236. The lowest BCUT2D eigenvalue weighted by Crippen LogP contribution is -2.48. The number of H-pyrrole nitrogens is 1. The molecule has 1 saturated heterocycles. The molecule has 35 heavy (non-hydrogen) atoms. The maximum Gasteiger partial charge on any atom is 0.697 e. The van der Waals surface area contributed by atoms with Gasteiger partial charge in [0.05, 0.1) is 6.33 Å². The molecule has 16 heteroatoms. The third kappa shape index (κ3) is 5.71. The van der Waals surface area contributed by atoms with Crippen LogP contribution in [0.25, 0.3) is 11.2 Å². The van der Waals surface area contributed by atoms with Gasteiger partial charge in [0.2, 0.25) is 5.95 Å². The molecule has 0 radical (unpaired) electrons. The summed E-state index contributed by atoms with van der Waals surface area (Å²) in [6.07, 6.45) is -3.05. The maximum absolute atomic E-state index is 14.1. The molecule has 0 aliphatic carbocycles. The Morgan fingerprint density at radius 3 is 2.83 bits per heavy atom. The van der Waals surface area contributed by atoms with Crippen molar-refractivity contribution < 1.29 is 37.7 Å².